The molecule has 3 aromatic rings. The Balaban J connectivity index is 1.60. The van der Waals surface area contributed by atoms with Crippen LogP contribution in [0.5, 0.6) is 0 Å². The Kier molecular flexibility index (Phi) is 4.68. The lowest BCUT2D eigenvalue weighted by Gasteiger charge is -2.04. The number of hydrogen-bond acceptors (Lipinski definition) is 7. The van der Waals surface area contributed by atoms with Crippen LogP contribution in [0.1, 0.15) is 12.6 Å². The van der Waals surface area contributed by atoms with Crippen molar-refractivity contribution in [2.45, 2.75) is 13.3 Å². The average Bonchev–Trinajstić information content (AvgIpc) is 3.22. The molecule has 0 unspecified atom stereocenters. The van der Waals surface area contributed by atoms with Gasteiger partial charge in [0.2, 0.25) is 4.96 Å². The molecule has 0 spiro atoms. The van der Waals surface area contributed by atoms with Crippen LogP contribution < -0.4 is 5.32 Å². The first kappa shape index (κ1) is 15.6. The van der Waals surface area contributed by atoms with Crippen LogP contribution in [-0.2, 0) is 20.7 Å². The van der Waals surface area contributed by atoms with Gasteiger partial charge in [-0.3, -0.25) is 9.59 Å². The van der Waals surface area contributed by atoms with E-state index in [9.17, 15) is 9.59 Å². The molecular formula is C14H14N4O3S2. The topological polar surface area (TPSA) is 85.6 Å². The maximum atomic E-state index is 11.5. The Labute approximate surface area is 139 Å². The molecule has 0 radical (unpaired) electrons. The molecule has 1 N–H and O–H groups in total. The molecule has 0 fully saturated rings. The van der Waals surface area contributed by atoms with E-state index in [2.05, 4.69) is 20.1 Å². The van der Waals surface area contributed by atoms with Crippen LogP contribution in [0.3, 0.4) is 0 Å². The summed E-state index contributed by atoms with van der Waals surface area (Å²) in [6.45, 7) is 1.46. The van der Waals surface area contributed by atoms with E-state index in [-0.39, 0.29) is 12.5 Å². The molecular weight excluding hydrogens is 336 g/mol. The normalized spacial score (nSPS) is 10.8. The highest BCUT2D eigenvalue weighted by Crippen LogP contribution is 2.24. The van der Waals surface area contributed by atoms with Gasteiger partial charge in [0.05, 0.1) is 10.6 Å². The quantitative estimate of drug-likeness (QED) is 0.685. The minimum Gasteiger partial charge on any atom is -0.456 e. The zero-order valence-electron chi connectivity index (χ0n) is 12.3. The molecule has 7 nitrogen and oxygen atoms in total. The predicted octanol–water partition coefficient (Wildman–Crippen LogP) is 1.74. The molecule has 3 rings (SSSR count). The molecule has 23 heavy (non-hydrogen) atoms. The lowest BCUT2D eigenvalue weighted by atomic mass is 10.3. The summed E-state index contributed by atoms with van der Waals surface area (Å²) in [5.74, 6) is -0.0695. The summed E-state index contributed by atoms with van der Waals surface area (Å²) in [5, 5.41) is 11.2. The van der Waals surface area contributed by atoms with Crippen molar-refractivity contribution in [3.05, 3.63) is 28.6 Å². The van der Waals surface area contributed by atoms with Gasteiger partial charge < -0.3 is 10.1 Å². The van der Waals surface area contributed by atoms with E-state index in [1.807, 2.05) is 22.9 Å². The van der Waals surface area contributed by atoms with Crippen molar-refractivity contribution in [2.24, 2.45) is 0 Å². The Hall–Kier alpha value is -2.26. The second-order valence-electron chi connectivity index (χ2n) is 4.71. The number of ether oxygens (including phenoxy) is 1. The lowest BCUT2D eigenvalue weighted by Crippen LogP contribution is -2.30. The number of nitrogens with zero attached hydrogens (tertiary/aromatic N) is 3. The summed E-state index contributed by atoms with van der Waals surface area (Å²) in [6.07, 6.45) is 0.624. The maximum Gasteiger partial charge on any atom is 0.303 e. The minimum atomic E-state index is -0.469. The fourth-order valence-electron chi connectivity index (χ4n) is 1.96. The van der Waals surface area contributed by atoms with Crippen molar-refractivity contribution in [3.8, 4) is 10.7 Å². The predicted molar refractivity (Wildman–Crippen MR) is 87.5 cm³/mol. The van der Waals surface area contributed by atoms with E-state index < -0.39 is 5.97 Å². The summed E-state index contributed by atoms with van der Waals surface area (Å²) >= 11 is 3.11. The van der Waals surface area contributed by atoms with Gasteiger partial charge in [-0.1, -0.05) is 6.07 Å². The molecule has 0 bridgehead atoms. The molecule has 0 saturated carbocycles. The smallest absolute Gasteiger partial charge is 0.303 e. The first-order valence-corrected chi connectivity index (χ1v) is 8.66. The number of fused-ring (bicyclic) bond motifs is 1. The number of carbonyl (C=O) groups excluding carboxylic acids is 2. The van der Waals surface area contributed by atoms with Crippen molar-refractivity contribution in [2.75, 3.05) is 13.2 Å². The van der Waals surface area contributed by atoms with E-state index in [0.717, 1.165) is 15.5 Å². The average molecular weight is 350 g/mol. The highest BCUT2D eigenvalue weighted by molar-refractivity contribution is 7.15. The van der Waals surface area contributed by atoms with Gasteiger partial charge in [0.25, 0.3) is 5.91 Å². The third-order valence-corrected chi connectivity index (χ3v) is 4.73. The Morgan fingerprint density at radius 3 is 3.00 bits per heavy atom. The van der Waals surface area contributed by atoms with Gasteiger partial charge in [0, 0.05) is 25.3 Å². The maximum absolute atomic E-state index is 11.5. The fraction of sp³-hybridized carbons (Fsp3) is 0.286. The Bertz CT molecular complexity index is 822. The number of carbonyl (C=O) groups is 2. The molecule has 1 amide bonds. The van der Waals surface area contributed by atoms with Gasteiger partial charge in [-0.05, 0) is 11.4 Å². The standard InChI is InChI=1S/C14H14N4O3S2/c1-9(19)21-7-12(20)15-5-4-10-8-23-14-16-13(17-18(10)14)11-3-2-6-22-11/h2-3,6,8H,4-5,7H2,1H3,(H,15,20). The van der Waals surface area contributed by atoms with E-state index in [0.29, 0.717) is 18.8 Å². The highest BCUT2D eigenvalue weighted by atomic mass is 32.1. The number of hydrogen-bond donors (Lipinski definition) is 1. The molecule has 0 aromatic carbocycles. The van der Waals surface area contributed by atoms with Gasteiger partial charge in [-0.25, -0.2) is 4.52 Å². The largest absolute Gasteiger partial charge is 0.456 e. The summed E-state index contributed by atoms with van der Waals surface area (Å²) < 4.78 is 6.43. The Morgan fingerprint density at radius 1 is 1.39 bits per heavy atom. The van der Waals surface area contributed by atoms with E-state index in [1.54, 1.807) is 15.9 Å². The monoisotopic (exact) mass is 350 g/mol. The number of esters is 1. The van der Waals surface area contributed by atoms with Crippen LogP contribution in [-0.4, -0.2) is 39.6 Å². The van der Waals surface area contributed by atoms with Gasteiger partial charge >= 0.3 is 5.97 Å². The number of thiazole rings is 1. The SMILES string of the molecule is CC(=O)OCC(=O)NCCc1csc2nc(-c3cccs3)nn12. The van der Waals surface area contributed by atoms with Gasteiger partial charge in [-0.15, -0.1) is 27.8 Å². The molecule has 3 aromatic heterocycles. The first-order chi connectivity index (χ1) is 11.1. The summed E-state index contributed by atoms with van der Waals surface area (Å²) in [7, 11) is 0. The fourth-order valence-corrected chi connectivity index (χ4v) is 3.46. The summed E-state index contributed by atoms with van der Waals surface area (Å²) in [4.78, 5) is 28.5. The molecule has 120 valence electrons. The number of aromatic nitrogens is 3. The molecule has 0 aliphatic heterocycles. The van der Waals surface area contributed by atoms with Gasteiger partial charge in [-0.2, -0.15) is 4.98 Å². The number of nitrogens with one attached hydrogen (secondary N) is 1. The highest BCUT2D eigenvalue weighted by Gasteiger charge is 2.12. The summed E-state index contributed by atoms with van der Waals surface area (Å²) in [5.41, 5.74) is 0.980. The van der Waals surface area contributed by atoms with Crippen LogP contribution in [0.4, 0.5) is 0 Å². The van der Waals surface area contributed by atoms with Crippen molar-refractivity contribution in [1.29, 1.82) is 0 Å². The first-order valence-electron chi connectivity index (χ1n) is 6.90. The molecule has 9 heteroatoms. The van der Waals surface area contributed by atoms with Crippen molar-refractivity contribution in [1.82, 2.24) is 19.9 Å². The lowest BCUT2D eigenvalue weighted by molar-refractivity contribution is -0.146. The van der Waals surface area contributed by atoms with Gasteiger partial charge in [0.15, 0.2) is 12.4 Å². The number of rotatable bonds is 6. The zero-order valence-corrected chi connectivity index (χ0v) is 13.9. The molecule has 3 heterocycles. The second-order valence-corrected chi connectivity index (χ2v) is 6.50. The second kappa shape index (κ2) is 6.88. The molecule has 0 saturated heterocycles. The van der Waals surface area contributed by atoms with Crippen LogP contribution in [0, 0.1) is 0 Å². The van der Waals surface area contributed by atoms with Crippen LogP contribution in [0.2, 0.25) is 0 Å². The van der Waals surface area contributed by atoms with Gasteiger partial charge in [0.1, 0.15) is 0 Å². The van der Waals surface area contributed by atoms with E-state index in [1.165, 1.54) is 18.3 Å². The van der Waals surface area contributed by atoms with Crippen LogP contribution in [0.15, 0.2) is 22.9 Å². The van der Waals surface area contributed by atoms with Crippen molar-refractivity contribution in [3.63, 3.8) is 0 Å². The molecule has 0 aliphatic carbocycles. The number of thiophene rings is 1. The van der Waals surface area contributed by atoms with Crippen LogP contribution >= 0.6 is 22.7 Å². The van der Waals surface area contributed by atoms with E-state index >= 15 is 0 Å². The minimum absolute atomic E-state index is 0.250. The van der Waals surface area contributed by atoms with E-state index in [4.69, 9.17) is 0 Å². The third kappa shape index (κ3) is 3.74. The molecule has 0 aliphatic rings. The molecule has 0 atom stereocenters. The Morgan fingerprint density at radius 2 is 2.26 bits per heavy atom. The summed E-state index contributed by atoms with van der Waals surface area (Å²) in [6, 6.07) is 3.95. The van der Waals surface area contributed by atoms with Crippen molar-refractivity contribution < 1.29 is 14.3 Å². The number of amides is 1. The van der Waals surface area contributed by atoms with Crippen molar-refractivity contribution >= 4 is 39.5 Å². The zero-order chi connectivity index (χ0) is 16.2. The van der Waals surface area contributed by atoms with Crippen LogP contribution in [0.25, 0.3) is 15.7 Å². The third-order valence-electron chi connectivity index (χ3n) is 3.00.